The standard InChI is InChI=1S/C6H14N2O.C5H8N2OS.C5H12/c7-4-2-1-3-5-8-6-9;8-5-6-3-1-9-2-4(3)7-5;1-3-5-4-2/h6H,1-5,7H2,(H,8,9);3-4H,1-2H2,(H2,6,7,8);3-5H2,1-2H3. The average molecular weight is 347 g/mol. The lowest BCUT2D eigenvalue weighted by molar-refractivity contribution is -0.109. The van der Waals surface area contributed by atoms with E-state index in [0.717, 1.165) is 50.3 Å². The molecular formula is C16H34N4O2S. The fraction of sp³-hybridized carbons (Fsp3) is 0.875. The Hall–Kier alpha value is -0.950. The van der Waals surface area contributed by atoms with E-state index in [1.54, 1.807) is 0 Å². The summed E-state index contributed by atoms with van der Waals surface area (Å²) in [5.41, 5.74) is 5.25. The molecule has 2 saturated heterocycles. The van der Waals surface area contributed by atoms with Crippen LogP contribution in [0.3, 0.4) is 0 Å². The molecule has 0 bridgehead atoms. The highest BCUT2D eigenvalue weighted by molar-refractivity contribution is 7.99. The fourth-order valence-electron chi connectivity index (χ4n) is 2.18. The van der Waals surface area contributed by atoms with Gasteiger partial charge in [0.15, 0.2) is 0 Å². The third kappa shape index (κ3) is 12.2. The highest BCUT2D eigenvalue weighted by Crippen LogP contribution is 2.20. The largest absolute Gasteiger partial charge is 0.359 e. The van der Waals surface area contributed by atoms with Crippen molar-refractivity contribution in [2.75, 3.05) is 24.6 Å². The van der Waals surface area contributed by atoms with E-state index >= 15 is 0 Å². The van der Waals surface area contributed by atoms with Crippen molar-refractivity contribution < 1.29 is 9.59 Å². The number of carbonyl (C=O) groups excluding carboxylic acids is 2. The summed E-state index contributed by atoms with van der Waals surface area (Å²) in [6.45, 7) is 5.96. The highest BCUT2D eigenvalue weighted by atomic mass is 32.2. The SMILES string of the molecule is CCCCC.NCCCCCNC=O.O=C1NC2CSCC2N1. The maximum absolute atomic E-state index is 10.6. The second kappa shape index (κ2) is 15.9. The number of nitrogens with two attached hydrogens (primary N) is 1. The van der Waals surface area contributed by atoms with Crippen LogP contribution in [0.1, 0.15) is 52.4 Å². The first-order valence-corrected chi connectivity index (χ1v) is 9.86. The normalized spacial score (nSPS) is 20.9. The number of carbonyl (C=O) groups is 2. The number of nitrogens with one attached hydrogen (secondary N) is 3. The molecule has 2 atom stereocenters. The summed E-state index contributed by atoms with van der Waals surface area (Å²) in [4.78, 5) is 20.3. The van der Waals surface area contributed by atoms with E-state index < -0.39 is 0 Å². The number of urea groups is 1. The van der Waals surface area contributed by atoms with Crippen molar-refractivity contribution in [2.24, 2.45) is 5.73 Å². The Balaban J connectivity index is 0.000000332. The van der Waals surface area contributed by atoms with Gasteiger partial charge in [0, 0.05) is 18.1 Å². The van der Waals surface area contributed by atoms with E-state index in [1.165, 1.54) is 19.3 Å². The molecule has 2 heterocycles. The van der Waals surface area contributed by atoms with Gasteiger partial charge in [-0.2, -0.15) is 11.8 Å². The lowest BCUT2D eigenvalue weighted by Crippen LogP contribution is -2.31. The first kappa shape index (κ1) is 22.1. The monoisotopic (exact) mass is 346 g/mol. The molecule has 0 aromatic heterocycles. The van der Waals surface area contributed by atoms with E-state index in [0.29, 0.717) is 12.1 Å². The number of rotatable bonds is 8. The van der Waals surface area contributed by atoms with Gasteiger partial charge in [-0.05, 0) is 19.4 Å². The van der Waals surface area contributed by atoms with E-state index in [4.69, 9.17) is 5.73 Å². The second-order valence-corrected chi connectivity index (χ2v) is 6.72. The molecule has 0 saturated carbocycles. The third-order valence-corrected chi connectivity index (χ3v) is 4.72. The topological polar surface area (TPSA) is 96.2 Å². The Bertz CT molecular complexity index is 290. The van der Waals surface area contributed by atoms with Gasteiger partial charge in [-0.1, -0.05) is 39.5 Å². The summed E-state index contributed by atoms with van der Waals surface area (Å²) in [7, 11) is 0. The Labute approximate surface area is 145 Å². The summed E-state index contributed by atoms with van der Waals surface area (Å²) in [5.74, 6) is 2.15. The van der Waals surface area contributed by atoms with Crippen LogP contribution in [-0.2, 0) is 4.79 Å². The lowest BCUT2D eigenvalue weighted by atomic mass is 10.2. The van der Waals surface area contributed by atoms with Crippen molar-refractivity contribution in [3.05, 3.63) is 0 Å². The Kier molecular flexibility index (Phi) is 15.3. The molecule has 2 unspecified atom stereocenters. The van der Waals surface area contributed by atoms with Crippen LogP contribution in [0.2, 0.25) is 0 Å². The molecule has 0 radical (unpaired) electrons. The highest BCUT2D eigenvalue weighted by Gasteiger charge is 2.35. The first-order valence-electron chi connectivity index (χ1n) is 8.71. The Morgan fingerprint density at radius 3 is 2.17 bits per heavy atom. The Morgan fingerprint density at radius 2 is 1.74 bits per heavy atom. The number of fused-ring (bicyclic) bond motifs is 1. The van der Waals surface area contributed by atoms with Gasteiger partial charge in [0.05, 0.1) is 12.1 Å². The third-order valence-electron chi connectivity index (χ3n) is 3.53. The number of hydrogen-bond donors (Lipinski definition) is 4. The zero-order chi connectivity index (χ0) is 17.3. The van der Waals surface area contributed by atoms with Gasteiger partial charge >= 0.3 is 6.03 Å². The fourth-order valence-corrected chi connectivity index (χ4v) is 3.45. The number of thioether (sulfide) groups is 1. The molecule has 0 aromatic rings. The molecule has 2 aliphatic rings. The summed E-state index contributed by atoms with van der Waals surface area (Å²) < 4.78 is 0. The van der Waals surface area contributed by atoms with Crippen molar-refractivity contribution >= 4 is 24.2 Å². The van der Waals surface area contributed by atoms with Gasteiger partial charge in [0.25, 0.3) is 0 Å². The van der Waals surface area contributed by atoms with Gasteiger partial charge in [-0.15, -0.1) is 0 Å². The van der Waals surface area contributed by atoms with Crippen molar-refractivity contribution in [3.63, 3.8) is 0 Å². The van der Waals surface area contributed by atoms with E-state index in [1.807, 2.05) is 11.8 Å². The van der Waals surface area contributed by atoms with Gasteiger partial charge < -0.3 is 21.7 Å². The average Bonchev–Trinajstić information content (AvgIpc) is 3.10. The van der Waals surface area contributed by atoms with Crippen LogP contribution in [0.15, 0.2) is 0 Å². The van der Waals surface area contributed by atoms with E-state index in [9.17, 15) is 9.59 Å². The number of hydrogen-bond acceptors (Lipinski definition) is 4. The number of amides is 3. The summed E-state index contributed by atoms with van der Waals surface area (Å²) in [6.07, 6.45) is 8.00. The summed E-state index contributed by atoms with van der Waals surface area (Å²) in [5, 5.41) is 8.28. The van der Waals surface area contributed by atoms with Crippen LogP contribution in [0.4, 0.5) is 4.79 Å². The molecule has 5 N–H and O–H groups in total. The minimum absolute atomic E-state index is 0.00491. The molecule has 2 aliphatic heterocycles. The van der Waals surface area contributed by atoms with Crippen LogP contribution in [-0.4, -0.2) is 49.1 Å². The van der Waals surface area contributed by atoms with Crippen molar-refractivity contribution in [2.45, 2.75) is 64.5 Å². The van der Waals surface area contributed by atoms with Gasteiger partial charge in [0.1, 0.15) is 0 Å². The molecular weight excluding hydrogens is 312 g/mol. The zero-order valence-electron chi connectivity index (χ0n) is 14.6. The molecule has 2 rings (SSSR count). The molecule has 0 spiro atoms. The van der Waals surface area contributed by atoms with Crippen molar-refractivity contribution in [1.82, 2.24) is 16.0 Å². The minimum atomic E-state index is 0.00491. The summed E-state index contributed by atoms with van der Waals surface area (Å²) in [6, 6.07) is 0.815. The van der Waals surface area contributed by atoms with Crippen molar-refractivity contribution in [1.29, 1.82) is 0 Å². The Morgan fingerprint density at radius 1 is 1.13 bits per heavy atom. The molecule has 0 aliphatic carbocycles. The lowest BCUT2D eigenvalue weighted by Gasteiger charge is -2.02. The van der Waals surface area contributed by atoms with Gasteiger partial charge in [0.2, 0.25) is 6.41 Å². The van der Waals surface area contributed by atoms with Crippen molar-refractivity contribution in [3.8, 4) is 0 Å². The van der Waals surface area contributed by atoms with Crippen LogP contribution in [0, 0.1) is 0 Å². The number of unbranched alkanes of at least 4 members (excludes halogenated alkanes) is 4. The van der Waals surface area contributed by atoms with Crippen LogP contribution in [0.25, 0.3) is 0 Å². The maximum atomic E-state index is 10.6. The second-order valence-electron chi connectivity index (χ2n) is 5.64. The molecule has 136 valence electrons. The van der Waals surface area contributed by atoms with Gasteiger partial charge in [-0.3, -0.25) is 4.79 Å². The quantitative estimate of drug-likeness (QED) is 0.306. The van der Waals surface area contributed by atoms with Crippen LogP contribution < -0.4 is 21.7 Å². The maximum Gasteiger partial charge on any atom is 0.315 e. The minimum Gasteiger partial charge on any atom is -0.359 e. The molecule has 7 heteroatoms. The van der Waals surface area contributed by atoms with Gasteiger partial charge in [-0.25, -0.2) is 4.79 Å². The van der Waals surface area contributed by atoms with E-state index in [2.05, 4.69) is 29.8 Å². The van der Waals surface area contributed by atoms with Crippen LogP contribution in [0.5, 0.6) is 0 Å². The van der Waals surface area contributed by atoms with Crippen LogP contribution >= 0.6 is 11.8 Å². The molecule has 3 amide bonds. The molecule has 23 heavy (non-hydrogen) atoms. The first-order chi connectivity index (χ1) is 11.2. The molecule has 0 aromatic carbocycles. The molecule has 2 fully saturated rings. The molecule has 6 nitrogen and oxygen atoms in total. The smallest absolute Gasteiger partial charge is 0.315 e. The predicted octanol–water partition coefficient (Wildman–Crippen LogP) is 1.84. The summed E-state index contributed by atoms with van der Waals surface area (Å²) >= 11 is 1.89. The zero-order valence-corrected chi connectivity index (χ0v) is 15.4. The van der Waals surface area contributed by atoms with E-state index in [-0.39, 0.29) is 6.03 Å². The predicted molar refractivity (Wildman–Crippen MR) is 98.7 cm³/mol.